The minimum Gasteiger partial charge on any atom is -0.458 e. The van der Waals surface area contributed by atoms with Crippen LogP contribution in [-0.2, 0) is 16.1 Å². The predicted molar refractivity (Wildman–Crippen MR) is 97.2 cm³/mol. The summed E-state index contributed by atoms with van der Waals surface area (Å²) in [5.74, 6) is 0.455. The maximum absolute atomic E-state index is 12.1. The molecule has 2 heterocycles. The molecular formula is C21H15NO4. The number of amides is 1. The minimum atomic E-state index is -0.411. The molecule has 5 heteroatoms. The third kappa shape index (κ3) is 3.15. The topological polar surface area (TPSA) is 68.5 Å². The summed E-state index contributed by atoms with van der Waals surface area (Å²) >= 11 is 0. The number of benzene rings is 2. The first-order chi connectivity index (χ1) is 12.7. The second-order valence-electron chi connectivity index (χ2n) is 5.80. The highest BCUT2D eigenvalue weighted by Crippen LogP contribution is 2.32. The van der Waals surface area contributed by atoms with E-state index in [4.69, 9.17) is 9.15 Å². The van der Waals surface area contributed by atoms with E-state index >= 15 is 0 Å². The van der Waals surface area contributed by atoms with Crippen molar-refractivity contribution in [1.29, 1.82) is 0 Å². The van der Waals surface area contributed by atoms with Crippen molar-refractivity contribution in [2.24, 2.45) is 0 Å². The molecule has 5 nitrogen and oxygen atoms in total. The van der Waals surface area contributed by atoms with Gasteiger partial charge in [0.05, 0.1) is 11.1 Å². The summed E-state index contributed by atoms with van der Waals surface area (Å²) in [5.41, 5.74) is 2.65. The summed E-state index contributed by atoms with van der Waals surface area (Å²) in [7, 11) is 0. The Labute approximate surface area is 149 Å². The normalized spacial score (nSPS) is 14.2. The van der Waals surface area contributed by atoms with E-state index < -0.39 is 5.97 Å². The first kappa shape index (κ1) is 15.9. The highest BCUT2D eigenvalue weighted by Gasteiger charge is 2.23. The lowest BCUT2D eigenvalue weighted by molar-refractivity contribution is -0.110. The summed E-state index contributed by atoms with van der Waals surface area (Å²) in [5, 5.41) is 2.81. The Kier molecular flexibility index (Phi) is 4.11. The Balaban J connectivity index is 1.47. The molecule has 128 valence electrons. The van der Waals surface area contributed by atoms with Gasteiger partial charge in [0.2, 0.25) is 0 Å². The SMILES string of the molecule is O=C1Nc2ccccc2/C1=C/c1ccc(COC(=O)c2ccccc2)o1. The molecule has 1 aromatic heterocycles. The Morgan fingerprint density at radius 2 is 1.77 bits per heavy atom. The summed E-state index contributed by atoms with van der Waals surface area (Å²) in [6.07, 6.45) is 1.68. The molecule has 1 N–H and O–H groups in total. The van der Waals surface area contributed by atoms with Gasteiger partial charge in [-0.05, 0) is 36.4 Å². The number of para-hydroxylation sites is 1. The number of nitrogens with one attached hydrogen (secondary N) is 1. The molecule has 0 saturated carbocycles. The highest BCUT2D eigenvalue weighted by atomic mass is 16.5. The Morgan fingerprint density at radius 1 is 1.00 bits per heavy atom. The lowest BCUT2D eigenvalue weighted by Gasteiger charge is -2.02. The third-order valence-electron chi connectivity index (χ3n) is 4.03. The fraction of sp³-hybridized carbons (Fsp3) is 0.0476. The molecule has 0 unspecified atom stereocenters. The fourth-order valence-corrected chi connectivity index (χ4v) is 2.77. The van der Waals surface area contributed by atoms with E-state index in [1.54, 1.807) is 42.5 Å². The van der Waals surface area contributed by atoms with E-state index in [1.807, 2.05) is 30.3 Å². The maximum Gasteiger partial charge on any atom is 0.338 e. The summed E-state index contributed by atoms with van der Waals surface area (Å²) in [6, 6.07) is 19.7. The number of ether oxygens (including phenoxy) is 1. The van der Waals surface area contributed by atoms with Crippen LogP contribution in [0, 0.1) is 0 Å². The molecule has 26 heavy (non-hydrogen) atoms. The van der Waals surface area contributed by atoms with Gasteiger partial charge in [-0.25, -0.2) is 4.79 Å². The van der Waals surface area contributed by atoms with Crippen molar-refractivity contribution < 1.29 is 18.7 Å². The quantitative estimate of drug-likeness (QED) is 0.570. The van der Waals surface area contributed by atoms with Crippen LogP contribution >= 0.6 is 0 Å². The molecule has 0 aliphatic carbocycles. The number of rotatable bonds is 4. The van der Waals surface area contributed by atoms with Crippen molar-refractivity contribution in [3.05, 3.63) is 89.4 Å². The standard InChI is InChI=1S/C21H15NO4/c23-20-18(17-8-4-5-9-19(17)22-20)12-15-10-11-16(26-15)13-25-21(24)14-6-2-1-3-7-14/h1-12H,13H2,(H,22,23)/b18-12-. The van der Waals surface area contributed by atoms with E-state index in [1.165, 1.54) is 0 Å². The monoisotopic (exact) mass is 345 g/mol. The number of furan rings is 1. The second kappa shape index (κ2) is 6.72. The lowest BCUT2D eigenvalue weighted by Crippen LogP contribution is -2.04. The molecule has 0 bridgehead atoms. The van der Waals surface area contributed by atoms with Crippen LogP contribution < -0.4 is 5.32 Å². The molecule has 0 radical (unpaired) electrons. The van der Waals surface area contributed by atoms with Gasteiger partial charge < -0.3 is 14.5 Å². The fourth-order valence-electron chi connectivity index (χ4n) is 2.77. The van der Waals surface area contributed by atoms with Gasteiger partial charge in [-0.3, -0.25) is 4.79 Å². The molecule has 1 aliphatic heterocycles. The van der Waals surface area contributed by atoms with Gasteiger partial charge in [0, 0.05) is 11.3 Å². The zero-order chi connectivity index (χ0) is 17.9. The van der Waals surface area contributed by atoms with Crippen LogP contribution in [-0.4, -0.2) is 11.9 Å². The number of fused-ring (bicyclic) bond motifs is 1. The molecule has 1 amide bonds. The maximum atomic E-state index is 12.1. The zero-order valence-corrected chi connectivity index (χ0v) is 13.8. The predicted octanol–water partition coefficient (Wildman–Crippen LogP) is 4.13. The number of carbonyl (C=O) groups is 2. The van der Waals surface area contributed by atoms with Crippen molar-refractivity contribution in [1.82, 2.24) is 0 Å². The lowest BCUT2D eigenvalue weighted by atomic mass is 10.1. The highest BCUT2D eigenvalue weighted by molar-refractivity contribution is 6.34. The van der Waals surface area contributed by atoms with E-state index in [0.717, 1.165) is 11.3 Å². The van der Waals surface area contributed by atoms with Crippen LogP contribution in [0.25, 0.3) is 11.6 Å². The number of esters is 1. The number of anilines is 1. The van der Waals surface area contributed by atoms with Crippen molar-refractivity contribution >= 4 is 29.2 Å². The molecule has 0 saturated heterocycles. The van der Waals surface area contributed by atoms with Crippen LogP contribution in [0.2, 0.25) is 0 Å². The van der Waals surface area contributed by atoms with Gasteiger partial charge in [-0.1, -0.05) is 36.4 Å². The van der Waals surface area contributed by atoms with Crippen molar-refractivity contribution in [2.75, 3.05) is 5.32 Å². The van der Waals surface area contributed by atoms with Crippen molar-refractivity contribution in [2.45, 2.75) is 6.61 Å². The Hall–Kier alpha value is -3.60. The summed E-state index contributed by atoms with van der Waals surface area (Å²) < 4.78 is 10.9. The van der Waals surface area contributed by atoms with Gasteiger partial charge in [0.15, 0.2) is 0 Å². The first-order valence-electron chi connectivity index (χ1n) is 8.14. The van der Waals surface area contributed by atoms with Gasteiger partial charge in [0.25, 0.3) is 5.91 Å². The van der Waals surface area contributed by atoms with E-state index in [2.05, 4.69) is 5.32 Å². The van der Waals surface area contributed by atoms with Crippen LogP contribution in [0.15, 0.2) is 71.1 Å². The average molecular weight is 345 g/mol. The Bertz CT molecular complexity index is 1000. The average Bonchev–Trinajstić information content (AvgIpc) is 3.25. The number of hydrogen-bond acceptors (Lipinski definition) is 4. The van der Waals surface area contributed by atoms with Crippen LogP contribution in [0.3, 0.4) is 0 Å². The van der Waals surface area contributed by atoms with Crippen LogP contribution in [0.1, 0.15) is 27.4 Å². The summed E-state index contributed by atoms with van der Waals surface area (Å²) in [4.78, 5) is 24.1. The zero-order valence-electron chi connectivity index (χ0n) is 13.8. The molecule has 1 aliphatic rings. The van der Waals surface area contributed by atoms with Gasteiger partial charge in [-0.2, -0.15) is 0 Å². The van der Waals surface area contributed by atoms with E-state index in [0.29, 0.717) is 22.7 Å². The van der Waals surface area contributed by atoms with Crippen LogP contribution in [0.5, 0.6) is 0 Å². The van der Waals surface area contributed by atoms with Crippen molar-refractivity contribution in [3.8, 4) is 0 Å². The van der Waals surface area contributed by atoms with Crippen LogP contribution in [0.4, 0.5) is 5.69 Å². The molecule has 0 spiro atoms. The molecule has 3 aromatic rings. The second-order valence-corrected chi connectivity index (χ2v) is 5.80. The molecular weight excluding hydrogens is 330 g/mol. The first-order valence-corrected chi connectivity index (χ1v) is 8.14. The summed E-state index contributed by atoms with van der Waals surface area (Å²) in [6.45, 7) is 0.0275. The van der Waals surface area contributed by atoms with Gasteiger partial charge >= 0.3 is 5.97 Å². The number of hydrogen-bond donors (Lipinski definition) is 1. The molecule has 0 atom stereocenters. The van der Waals surface area contributed by atoms with E-state index in [9.17, 15) is 9.59 Å². The van der Waals surface area contributed by atoms with Gasteiger partial charge in [0.1, 0.15) is 18.1 Å². The van der Waals surface area contributed by atoms with Crippen molar-refractivity contribution in [3.63, 3.8) is 0 Å². The minimum absolute atomic E-state index is 0.0275. The molecule has 0 fully saturated rings. The molecule has 2 aromatic carbocycles. The molecule has 4 rings (SSSR count). The smallest absolute Gasteiger partial charge is 0.338 e. The number of carbonyl (C=O) groups excluding carboxylic acids is 2. The third-order valence-corrected chi connectivity index (χ3v) is 4.03. The van der Waals surface area contributed by atoms with E-state index in [-0.39, 0.29) is 12.5 Å². The van der Waals surface area contributed by atoms with Gasteiger partial charge in [-0.15, -0.1) is 0 Å². The Morgan fingerprint density at radius 3 is 2.62 bits per heavy atom. The largest absolute Gasteiger partial charge is 0.458 e.